The smallest absolute Gasteiger partial charge is 0.253 e. The Morgan fingerprint density at radius 2 is 1.83 bits per heavy atom. The fourth-order valence-electron chi connectivity index (χ4n) is 2.10. The molecule has 1 rings (SSSR count). The number of carbonyl (C=O) groups is 1. The molecule has 0 aromatic heterocycles. The molecular formula is C17H25N3O3S. The first-order valence-electron chi connectivity index (χ1n) is 8.06. The molecule has 1 aromatic carbocycles. The highest BCUT2D eigenvalue weighted by Crippen LogP contribution is 2.14. The van der Waals surface area contributed by atoms with Crippen LogP contribution in [0.15, 0.2) is 29.2 Å². The average molecular weight is 351 g/mol. The van der Waals surface area contributed by atoms with Gasteiger partial charge < -0.3 is 4.90 Å². The third-order valence-electron chi connectivity index (χ3n) is 3.76. The minimum Gasteiger partial charge on any atom is -0.338 e. The summed E-state index contributed by atoms with van der Waals surface area (Å²) in [6, 6.07) is 7.83. The van der Waals surface area contributed by atoms with Gasteiger partial charge in [-0.1, -0.05) is 6.92 Å². The largest absolute Gasteiger partial charge is 0.338 e. The fraction of sp³-hybridized carbons (Fsp3) is 0.529. The lowest BCUT2D eigenvalue weighted by atomic mass is 10.1. The maximum Gasteiger partial charge on any atom is 0.253 e. The van der Waals surface area contributed by atoms with Crippen LogP contribution in [0, 0.1) is 17.2 Å². The second kappa shape index (κ2) is 8.81. The van der Waals surface area contributed by atoms with E-state index in [1.54, 1.807) is 18.7 Å². The van der Waals surface area contributed by atoms with E-state index in [4.69, 9.17) is 5.26 Å². The van der Waals surface area contributed by atoms with E-state index in [1.165, 1.54) is 24.3 Å². The monoisotopic (exact) mass is 351 g/mol. The molecular weight excluding hydrogens is 326 g/mol. The molecule has 0 aliphatic carbocycles. The van der Waals surface area contributed by atoms with Gasteiger partial charge in [-0.2, -0.15) is 5.26 Å². The zero-order valence-corrected chi connectivity index (χ0v) is 15.4. The number of amides is 1. The molecule has 0 aliphatic heterocycles. The predicted octanol–water partition coefficient (Wildman–Crippen LogP) is 2.39. The highest BCUT2D eigenvalue weighted by atomic mass is 32.2. The van der Waals surface area contributed by atoms with Gasteiger partial charge in [0, 0.05) is 24.7 Å². The molecule has 6 nitrogen and oxygen atoms in total. The van der Waals surface area contributed by atoms with Crippen LogP contribution in [0.1, 0.15) is 44.5 Å². The minimum absolute atomic E-state index is 0.132. The van der Waals surface area contributed by atoms with Crippen LogP contribution >= 0.6 is 0 Å². The van der Waals surface area contributed by atoms with Gasteiger partial charge in [-0.25, -0.2) is 13.1 Å². The molecule has 132 valence electrons. The van der Waals surface area contributed by atoms with Crippen molar-refractivity contribution < 1.29 is 13.2 Å². The molecule has 0 bridgehead atoms. The van der Waals surface area contributed by atoms with Gasteiger partial charge >= 0.3 is 0 Å². The molecule has 0 saturated carbocycles. The molecule has 0 fully saturated rings. The van der Waals surface area contributed by atoms with Crippen LogP contribution in [0.4, 0.5) is 0 Å². The van der Waals surface area contributed by atoms with Crippen LogP contribution in [0.2, 0.25) is 0 Å². The lowest BCUT2D eigenvalue weighted by Crippen LogP contribution is -2.34. The Morgan fingerprint density at radius 1 is 1.25 bits per heavy atom. The van der Waals surface area contributed by atoms with Crippen molar-refractivity contribution in [3.05, 3.63) is 29.8 Å². The van der Waals surface area contributed by atoms with Gasteiger partial charge in [0.25, 0.3) is 5.91 Å². The molecule has 0 heterocycles. The van der Waals surface area contributed by atoms with Crippen molar-refractivity contribution in [2.75, 3.05) is 13.1 Å². The van der Waals surface area contributed by atoms with Crippen LogP contribution in [0.5, 0.6) is 0 Å². The van der Waals surface area contributed by atoms with Crippen molar-refractivity contribution >= 4 is 15.9 Å². The molecule has 2 atom stereocenters. The average Bonchev–Trinajstić information content (AvgIpc) is 2.58. The van der Waals surface area contributed by atoms with E-state index in [1.807, 2.05) is 13.8 Å². The standard InChI is InChI=1S/C17H25N3O3S/c1-5-14(4)19-24(22,23)16-9-7-15(8-10-16)17(21)20(6-2)12-13(3)11-18/h7-10,13-14,19H,5-6,12H2,1-4H3/t13-,14-/m0/s1. The van der Waals surface area contributed by atoms with E-state index < -0.39 is 10.0 Å². The number of hydrogen-bond donors (Lipinski definition) is 1. The van der Waals surface area contributed by atoms with E-state index in [-0.39, 0.29) is 22.8 Å². The summed E-state index contributed by atoms with van der Waals surface area (Å²) in [5.41, 5.74) is 0.407. The van der Waals surface area contributed by atoms with E-state index in [9.17, 15) is 13.2 Å². The number of rotatable bonds is 8. The first kappa shape index (κ1) is 20.1. The first-order valence-corrected chi connectivity index (χ1v) is 9.54. The third-order valence-corrected chi connectivity index (χ3v) is 5.37. The summed E-state index contributed by atoms with van der Waals surface area (Å²) in [4.78, 5) is 14.2. The number of benzene rings is 1. The van der Waals surface area contributed by atoms with Crippen LogP contribution in [0.3, 0.4) is 0 Å². The van der Waals surface area contributed by atoms with Crippen LogP contribution in [-0.2, 0) is 10.0 Å². The Hall–Kier alpha value is -1.91. The van der Waals surface area contributed by atoms with Gasteiger partial charge in [0.15, 0.2) is 0 Å². The topological polar surface area (TPSA) is 90.3 Å². The molecule has 0 saturated heterocycles. The number of nitrogens with one attached hydrogen (secondary N) is 1. The van der Waals surface area contributed by atoms with Gasteiger partial charge in [-0.15, -0.1) is 0 Å². The summed E-state index contributed by atoms with van der Waals surface area (Å²) in [6.07, 6.45) is 0.693. The normalized spacial score (nSPS) is 13.8. The Kier molecular flexibility index (Phi) is 7.39. The number of hydrogen-bond acceptors (Lipinski definition) is 4. The van der Waals surface area contributed by atoms with E-state index in [0.29, 0.717) is 25.1 Å². The Morgan fingerprint density at radius 3 is 2.29 bits per heavy atom. The molecule has 0 spiro atoms. The maximum atomic E-state index is 12.5. The van der Waals surface area contributed by atoms with Gasteiger partial charge in [0.1, 0.15) is 0 Å². The second-order valence-electron chi connectivity index (χ2n) is 5.83. The van der Waals surface area contributed by atoms with Gasteiger partial charge in [-0.05, 0) is 51.5 Å². The van der Waals surface area contributed by atoms with E-state index in [0.717, 1.165) is 0 Å². The lowest BCUT2D eigenvalue weighted by molar-refractivity contribution is 0.0752. The molecule has 0 aliphatic rings. The highest BCUT2D eigenvalue weighted by Gasteiger charge is 2.19. The van der Waals surface area contributed by atoms with Crippen molar-refractivity contribution in [1.29, 1.82) is 5.26 Å². The van der Waals surface area contributed by atoms with Gasteiger partial charge in [0.05, 0.1) is 16.9 Å². The Balaban J connectivity index is 2.94. The number of carbonyl (C=O) groups excluding carboxylic acids is 1. The fourth-order valence-corrected chi connectivity index (χ4v) is 3.43. The summed E-state index contributed by atoms with van der Waals surface area (Å²) < 4.78 is 27.0. The molecule has 1 N–H and O–H groups in total. The lowest BCUT2D eigenvalue weighted by Gasteiger charge is -2.22. The van der Waals surface area contributed by atoms with Crippen molar-refractivity contribution in [2.45, 2.75) is 45.1 Å². The summed E-state index contributed by atoms with van der Waals surface area (Å²) >= 11 is 0. The molecule has 1 aromatic rings. The molecule has 24 heavy (non-hydrogen) atoms. The number of nitriles is 1. The van der Waals surface area contributed by atoms with Gasteiger partial charge in [-0.3, -0.25) is 4.79 Å². The quantitative estimate of drug-likeness (QED) is 0.778. The first-order chi connectivity index (χ1) is 11.2. The minimum atomic E-state index is -3.58. The highest BCUT2D eigenvalue weighted by molar-refractivity contribution is 7.89. The van der Waals surface area contributed by atoms with E-state index in [2.05, 4.69) is 10.8 Å². The zero-order valence-electron chi connectivity index (χ0n) is 14.6. The third kappa shape index (κ3) is 5.32. The molecule has 0 unspecified atom stereocenters. The van der Waals surface area contributed by atoms with Gasteiger partial charge in [0.2, 0.25) is 10.0 Å². The van der Waals surface area contributed by atoms with Crippen molar-refractivity contribution in [3.63, 3.8) is 0 Å². The molecule has 0 radical (unpaired) electrons. The summed E-state index contributed by atoms with van der Waals surface area (Å²) in [5.74, 6) is -0.466. The Bertz CT molecular complexity index is 693. The summed E-state index contributed by atoms with van der Waals surface area (Å²) in [5, 5.41) is 8.89. The van der Waals surface area contributed by atoms with E-state index >= 15 is 0 Å². The van der Waals surface area contributed by atoms with Crippen molar-refractivity contribution in [2.24, 2.45) is 5.92 Å². The zero-order chi connectivity index (χ0) is 18.3. The van der Waals surface area contributed by atoms with Crippen LogP contribution < -0.4 is 4.72 Å². The Labute approximate surface area is 144 Å². The number of sulfonamides is 1. The summed E-state index contributed by atoms with van der Waals surface area (Å²) in [7, 11) is -3.58. The van der Waals surface area contributed by atoms with Crippen LogP contribution in [0.25, 0.3) is 0 Å². The van der Waals surface area contributed by atoms with Crippen molar-refractivity contribution in [3.8, 4) is 6.07 Å². The summed E-state index contributed by atoms with van der Waals surface area (Å²) in [6.45, 7) is 8.13. The maximum absolute atomic E-state index is 12.5. The van der Waals surface area contributed by atoms with Crippen LogP contribution in [-0.4, -0.2) is 38.4 Å². The molecule has 7 heteroatoms. The molecule has 1 amide bonds. The number of nitrogens with zero attached hydrogens (tertiary/aromatic N) is 2. The second-order valence-corrected chi connectivity index (χ2v) is 7.54. The van der Waals surface area contributed by atoms with Crippen molar-refractivity contribution in [1.82, 2.24) is 9.62 Å². The SMILES string of the molecule is CC[C@H](C)NS(=O)(=O)c1ccc(C(=O)N(CC)C[C@@H](C)C#N)cc1. The predicted molar refractivity (Wildman–Crippen MR) is 92.9 cm³/mol.